The van der Waals surface area contributed by atoms with E-state index in [2.05, 4.69) is 0 Å². The molecule has 0 saturated carbocycles. The van der Waals surface area contributed by atoms with E-state index in [4.69, 9.17) is 0 Å². The first-order valence-electron chi connectivity index (χ1n) is 0. The quantitative estimate of drug-likeness (QED) is 0.438. The standard InChI is InChI=1S/Be.Cu.Mn.Zn.2H. The molecule has 2 radical (unpaired) electrons. The molecule has 0 aliphatic heterocycles. The summed E-state index contributed by atoms with van der Waals surface area (Å²) >= 11 is 0. The molecule has 0 atom stereocenters. The van der Waals surface area contributed by atoms with Crippen LogP contribution >= 0.6 is 0 Å². The molecule has 0 aliphatic carbocycles. The molecule has 0 N–H and O–H groups in total. The van der Waals surface area contributed by atoms with Crippen LogP contribution in [0, 0.1) is 0 Å². The first-order chi connectivity index (χ1) is 0. The zero-order valence-electron chi connectivity index (χ0n) is 1.39. The molecule has 0 aromatic carbocycles. The molecule has 4 heteroatoms. The van der Waals surface area contributed by atoms with Gasteiger partial charge < -0.3 is 0 Å². The van der Waals surface area contributed by atoms with Crippen LogP contribution in [0.15, 0.2) is 0 Å². The Balaban J connectivity index is 0. The van der Waals surface area contributed by atoms with E-state index in [0.29, 0.717) is 0 Å². The molecule has 0 aromatic heterocycles. The molecule has 0 unspecified atom stereocenters. The molecule has 0 nitrogen and oxygen atoms in total. The summed E-state index contributed by atoms with van der Waals surface area (Å²) in [5.41, 5.74) is 0. The van der Waals surface area contributed by atoms with Crippen LogP contribution in [-0.4, -0.2) is 10.1 Å². The van der Waals surface area contributed by atoms with E-state index >= 15 is 0 Å². The second-order valence-corrected chi connectivity index (χ2v) is 0. The van der Waals surface area contributed by atoms with Gasteiger partial charge in [0.25, 0.3) is 0 Å². The summed E-state index contributed by atoms with van der Waals surface area (Å²) in [7, 11) is 0. The number of hydrogen-bond acceptors (Lipinski definition) is 0. The van der Waals surface area contributed by atoms with E-state index in [9.17, 15) is 0 Å². The van der Waals surface area contributed by atoms with Gasteiger partial charge in [0.05, 0.1) is 0 Å². The molecule has 0 aromatic rings. The van der Waals surface area contributed by atoms with Gasteiger partial charge in [-0.2, -0.15) is 0 Å². The third kappa shape index (κ3) is 9.16. The van der Waals surface area contributed by atoms with Crippen LogP contribution in [0.2, 0.25) is 0 Å². The summed E-state index contributed by atoms with van der Waals surface area (Å²) in [5, 5.41) is 0. The van der Waals surface area contributed by atoms with Gasteiger partial charge in [0.1, 0.15) is 0 Å². The van der Waals surface area contributed by atoms with E-state index in [0.717, 1.165) is 0 Å². The fourth-order valence-corrected chi connectivity index (χ4v) is 0. The third-order valence-electron chi connectivity index (χ3n) is 0. The minimum absolute atomic E-state index is 0. The molecule has 0 amide bonds. The molecule has 0 bridgehead atoms. The first-order valence-corrected chi connectivity index (χ1v) is 0. The molecule has 0 fully saturated rings. The van der Waals surface area contributed by atoms with Gasteiger partial charge in [-0.3, -0.25) is 0 Å². The van der Waals surface area contributed by atoms with Crippen molar-refractivity contribution < 1.29 is 53.6 Å². The van der Waals surface area contributed by atoms with Crippen molar-refractivity contribution in [2.75, 3.05) is 0 Å². The van der Waals surface area contributed by atoms with E-state index in [1.54, 1.807) is 0 Å². The van der Waals surface area contributed by atoms with E-state index < -0.39 is 0 Å². The maximum Gasteiger partial charge on any atom is 0 e. The minimum Gasteiger partial charge on any atom is 0 e. The first kappa shape index (κ1) is 40.6. The Morgan fingerprint density at radius 2 is 1.00 bits per heavy atom. The summed E-state index contributed by atoms with van der Waals surface area (Å²) in [4.78, 5) is 0. The Bertz CT molecular complexity index is 8.00. The zero-order chi connectivity index (χ0) is 0. The van der Waals surface area contributed by atoms with Crippen LogP contribution in [0.1, 0.15) is 0 Å². The van der Waals surface area contributed by atoms with Gasteiger partial charge in [-0.05, 0) is 0 Å². The Hall–Kier alpha value is 1.83. The van der Waals surface area contributed by atoms with Crippen molar-refractivity contribution in [2.45, 2.75) is 0 Å². The molecule has 0 heterocycles. The molecule has 0 aliphatic rings. The van der Waals surface area contributed by atoms with Crippen LogP contribution in [-0.2, 0) is 53.6 Å². The smallest absolute Gasteiger partial charge is 0 e. The Labute approximate surface area is 63.4 Å². The molecular weight excluding hydrogens is 193 g/mol. The maximum atomic E-state index is 0. The zero-order valence-corrected chi connectivity index (χ0v) is 6.48. The van der Waals surface area contributed by atoms with E-state index in [1.807, 2.05) is 0 Å². The third-order valence-corrected chi connectivity index (χ3v) is 0. The van der Waals surface area contributed by atoms with Crippen LogP contribution < -0.4 is 0 Å². The topological polar surface area (TPSA) is 0 Å². The second-order valence-electron chi connectivity index (χ2n) is 0. The number of hydrogen-bond donors (Lipinski definition) is 0. The average Bonchev–Trinajstić information content (AvgIpc) is 0. The van der Waals surface area contributed by atoms with Gasteiger partial charge in [0, 0.05) is 53.6 Å². The van der Waals surface area contributed by atoms with Crippen molar-refractivity contribution in [1.29, 1.82) is 0 Å². The monoisotopic (exact) mass is 193 g/mol. The number of rotatable bonds is 0. The van der Waals surface area contributed by atoms with Gasteiger partial charge in [0.15, 0.2) is 0 Å². The molecule has 0 rings (SSSR count). The maximum absolute atomic E-state index is 0. The van der Waals surface area contributed by atoms with Gasteiger partial charge in [-0.1, -0.05) is 0 Å². The van der Waals surface area contributed by atoms with Gasteiger partial charge in [-0.25, -0.2) is 0 Å². The molecular formula is H2BeCuMnZn. The largest absolute Gasteiger partial charge is 0 e. The summed E-state index contributed by atoms with van der Waals surface area (Å²) in [6.07, 6.45) is 0. The van der Waals surface area contributed by atoms with Crippen LogP contribution in [0.25, 0.3) is 0 Å². The van der Waals surface area contributed by atoms with Crippen LogP contribution in [0.4, 0.5) is 0 Å². The summed E-state index contributed by atoms with van der Waals surface area (Å²) in [5.74, 6) is 0. The minimum atomic E-state index is 0. The molecule has 0 spiro atoms. The van der Waals surface area contributed by atoms with Crippen molar-refractivity contribution in [3.8, 4) is 0 Å². The van der Waals surface area contributed by atoms with Crippen LogP contribution in [0.5, 0.6) is 0 Å². The van der Waals surface area contributed by atoms with Gasteiger partial charge >= 0.3 is 10.1 Å². The van der Waals surface area contributed by atoms with E-state index in [1.165, 1.54) is 0 Å². The summed E-state index contributed by atoms with van der Waals surface area (Å²) in [6, 6.07) is 0. The average molecular weight is 195 g/mol. The van der Waals surface area contributed by atoms with Gasteiger partial charge in [-0.15, -0.1) is 0 Å². The Kier molecular flexibility index (Phi) is 215. The second kappa shape index (κ2) is 21.1. The van der Waals surface area contributed by atoms with Crippen molar-refractivity contribution in [2.24, 2.45) is 0 Å². The van der Waals surface area contributed by atoms with E-state index in [-0.39, 0.29) is 63.7 Å². The van der Waals surface area contributed by atoms with Crippen molar-refractivity contribution in [1.82, 2.24) is 0 Å². The predicted octanol–water partition coefficient (Wildman–Crippen LogP) is -0.924. The summed E-state index contributed by atoms with van der Waals surface area (Å²) < 4.78 is 0. The van der Waals surface area contributed by atoms with Crippen molar-refractivity contribution in [3.63, 3.8) is 0 Å². The Morgan fingerprint density at radius 1 is 1.00 bits per heavy atom. The predicted molar refractivity (Wildman–Crippen MR) is 8.54 cm³/mol. The molecule has 4 heavy (non-hydrogen) atoms. The van der Waals surface area contributed by atoms with Crippen molar-refractivity contribution in [3.05, 3.63) is 0 Å². The molecule has 0 saturated heterocycles. The molecule has 24 valence electrons. The van der Waals surface area contributed by atoms with Crippen LogP contribution in [0.3, 0.4) is 0 Å². The fourth-order valence-electron chi connectivity index (χ4n) is 0. The SMILES string of the molecule is [BeH2].[Cu].[Mn].[Zn]. The Morgan fingerprint density at radius 3 is 1.00 bits per heavy atom. The van der Waals surface area contributed by atoms with Gasteiger partial charge in [0.2, 0.25) is 0 Å². The summed E-state index contributed by atoms with van der Waals surface area (Å²) in [6.45, 7) is 0. The normalized spacial score (nSPS) is 0. The fraction of sp³-hybridized carbons (Fsp3) is 0. The van der Waals surface area contributed by atoms with Crippen molar-refractivity contribution >= 4 is 10.1 Å².